The van der Waals surface area contributed by atoms with Crippen molar-refractivity contribution in [1.29, 1.82) is 0 Å². The molecule has 0 bridgehead atoms. The summed E-state index contributed by atoms with van der Waals surface area (Å²) in [6.07, 6.45) is 4.12. The van der Waals surface area contributed by atoms with Gasteiger partial charge in [0, 0.05) is 0 Å². The Labute approximate surface area is 41.2 Å². The van der Waals surface area contributed by atoms with Crippen molar-refractivity contribution in [2.24, 2.45) is 0 Å². The molecule has 0 aliphatic rings. The summed E-state index contributed by atoms with van der Waals surface area (Å²) < 4.78 is 0. The van der Waals surface area contributed by atoms with Crippen molar-refractivity contribution in [3.05, 3.63) is 0 Å². The van der Waals surface area contributed by atoms with Gasteiger partial charge in [-0.05, 0) is 0 Å². The standard InChI is InChI=1S/C5H13B/c1-3-5-6-4-2/h6H,3-5H2,1-2H3. The predicted octanol–water partition coefficient (Wildman–Crippen LogP) is 1.69. The lowest BCUT2D eigenvalue weighted by molar-refractivity contribution is 1.07. The van der Waals surface area contributed by atoms with Crippen molar-refractivity contribution in [2.75, 3.05) is 0 Å². The molecule has 36 valence electrons. The second kappa shape index (κ2) is 5.06. The van der Waals surface area contributed by atoms with Gasteiger partial charge in [-0.2, -0.15) is 0 Å². The van der Waals surface area contributed by atoms with Crippen LogP contribution in [0.1, 0.15) is 20.3 Å². The Morgan fingerprint density at radius 2 is 2.00 bits per heavy atom. The molecule has 0 spiro atoms. The van der Waals surface area contributed by atoms with E-state index < -0.39 is 0 Å². The minimum Gasteiger partial charge on any atom is -0.0803 e. The van der Waals surface area contributed by atoms with Gasteiger partial charge in [-0.15, -0.1) is 0 Å². The molecule has 0 rings (SSSR count). The molecule has 0 aromatic carbocycles. The van der Waals surface area contributed by atoms with Crippen LogP contribution in [0.3, 0.4) is 0 Å². The van der Waals surface area contributed by atoms with E-state index >= 15 is 0 Å². The summed E-state index contributed by atoms with van der Waals surface area (Å²) >= 11 is 0. The second-order valence-electron chi connectivity index (χ2n) is 1.71. The van der Waals surface area contributed by atoms with E-state index in [9.17, 15) is 0 Å². The van der Waals surface area contributed by atoms with Gasteiger partial charge in [-0.1, -0.05) is 32.9 Å². The summed E-state index contributed by atoms with van der Waals surface area (Å²) in [6.45, 7) is 4.46. The summed E-state index contributed by atoms with van der Waals surface area (Å²) in [4.78, 5) is 0. The highest BCUT2D eigenvalue weighted by Crippen LogP contribution is 1.86. The van der Waals surface area contributed by atoms with Crippen molar-refractivity contribution >= 4 is 7.28 Å². The Bertz CT molecular complexity index is 15.9. The molecule has 0 nitrogen and oxygen atoms in total. The second-order valence-corrected chi connectivity index (χ2v) is 1.71. The molecule has 6 heavy (non-hydrogen) atoms. The molecule has 0 heterocycles. The van der Waals surface area contributed by atoms with Gasteiger partial charge in [0.25, 0.3) is 0 Å². The highest BCUT2D eigenvalue weighted by molar-refractivity contribution is 6.35. The van der Waals surface area contributed by atoms with Crippen LogP contribution >= 0.6 is 0 Å². The minimum absolute atomic E-state index is 1.36. The van der Waals surface area contributed by atoms with Gasteiger partial charge in [-0.3, -0.25) is 0 Å². The van der Waals surface area contributed by atoms with Gasteiger partial charge < -0.3 is 0 Å². The predicted molar refractivity (Wildman–Crippen MR) is 32.7 cm³/mol. The maximum Gasteiger partial charge on any atom is 0.120 e. The topological polar surface area (TPSA) is 0 Å². The van der Waals surface area contributed by atoms with Crippen molar-refractivity contribution < 1.29 is 0 Å². The quantitative estimate of drug-likeness (QED) is 0.360. The Morgan fingerprint density at radius 3 is 2.17 bits per heavy atom. The van der Waals surface area contributed by atoms with Crippen molar-refractivity contribution in [1.82, 2.24) is 0 Å². The average Bonchev–Trinajstić information content (AvgIpc) is 1.61. The molecular weight excluding hydrogens is 70.9 g/mol. The molecule has 0 aromatic heterocycles. The molecule has 0 aliphatic carbocycles. The van der Waals surface area contributed by atoms with Crippen LogP contribution in [0.2, 0.25) is 12.6 Å². The van der Waals surface area contributed by atoms with E-state index in [2.05, 4.69) is 13.8 Å². The van der Waals surface area contributed by atoms with Gasteiger partial charge in [-0.25, -0.2) is 0 Å². The third-order valence-electron chi connectivity index (χ3n) is 0.957. The molecule has 0 aromatic rings. The molecule has 0 aliphatic heterocycles. The fourth-order valence-electron chi connectivity index (χ4n) is 0.500. The first-order valence-corrected chi connectivity index (χ1v) is 2.91. The molecule has 0 saturated heterocycles. The highest BCUT2D eigenvalue weighted by atomic mass is 13.6. The molecule has 0 saturated carbocycles. The summed E-state index contributed by atoms with van der Waals surface area (Å²) in [6, 6.07) is 0. The smallest absolute Gasteiger partial charge is 0.0803 e. The van der Waals surface area contributed by atoms with Gasteiger partial charge in [0.05, 0.1) is 0 Å². The van der Waals surface area contributed by atoms with E-state index in [1.54, 1.807) is 0 Å². The zero-order chi connectivity index (χ0) is 4.83. The molecule has 0 atom stereocenters. The van der Waals surface area contributed by atoms with Crippen LogP contribution < -0.4 is 0 Å². The third-order valence-corrected chi connectivity index (χ3v) is 0.957. The van der Waals surface area contributed by atoms with E-state index in [0.717, 1.165) is 0 Å². The van der Waals surface area contributed by atoms with Gasteiger partial charge >= 0.3 is 0 Å². The van der Waals surface area contributed by atoms with E-state index in [1.807, 2.05) is 0 Å². The Kier molecular flexibility index (Phi) is 5.12. The largest absolute Gasteiger partial charge is 0.120 e. The summed E-state index contributed by atoms with van der Waals surface area (Å²) in [5.74, 6) is 0. The van der Waals surface area contributed by atoms with E-state index in [-0.39, 0.29) is 0 Å². The maximum atomic E-state index is 2.23. The summed E-state index contributed by atoms with van der Waals surface area (Å²) in [5.41, 5.74) is 0. The van der Waals surface area contributed by atoms with Crippen molar-refractivity contribution in [3.8, 4) is 0 Å². The lowest BCUT2D eigenvalue weighted by atomic mass is 9.71. The fourth-order valence-corrected chi connectivity index (χ4v) is 0.500. The maximum absolute atomic E-state index is 2.23. The average molecular weight is 84.0 g/mol. The lowest BCUT2D eigenvalue weighted by Crippen LogP contribution is -1.80. The van der Waals surface area contributed by atoms with Crippen LogP contribution in [0.25, 0.3) is 0 Å². The first-order chi connectivity index (χ1) is 2.91. The lowest BCUT2D eigenvalue weighted by Gasteiger charge is -1.83. The van der Waals surface area contributed by atoms with Gasteiger partial charge in [0.1, 0.15) is 7.28 Å². The number of hydrogen-bond donors (Lipinski definition) is 0. The number of rotatable bonds is 3. The monoisotopic (exact) mass is 84.1 g/mol. The summed E-state index contributed by atoms with van der Waals surface area (Å²) in [7, 11) is 1.41. The van der Waals surface area contributed by atoms with Crippen LogP contribution in [0.4, 0.5) is 0 Å². The Hall–Kier alpha value is 0.0649. The zero-order valence-corrected chi connectivity index (χ0v) is 4.83. The molecule has 1 heteroatoms. The van der Waals surface area contributed by atoms with Crippen molar-refractivity contribution in [2.45, 2.75) is 32.9 Å². The van der Waals surface area contributed by atoms with Crippen LogP contribution in [-0.2, 0) is 0 Å². The SMILES string of the molecule is CCBCCC. The third kappa shape index (κ3) is 4.06. The zero-order valence-electron chi connectivity index (χ0n) is 4.83. The van der Waals surface area contributed by atoms with Crippen LogP contribution in [0.15, 0.2) is 0 Å². The molecule has 0 radical (unpaired) electrons. The first-order valence-electron chi connectivity index (χ1n) is 2.91. The van der Waals surface area contributed by atoms with E-state index in [4.69, 9.17) is 0 Å². The van der Waals surface area contributed by atoms with Crippen LogP contribution in [0.5, 0.6) is 0 Å². The molecule has 0 N–H and O–H groups in total. The minimum atomic E-state index is 1.36. The summed E-state index contributed by atoms with van der Waals surface area (Å²) in [5, 5.41) is 0. The Morgan fingerprint density at radius 1 is 1.33 bits per heavy atom. The molecule has 0 amide bonds. The number of hydrogen-bond acceptors (Lipinski definition) is 0. The van der Waals surface area contributed by atoms with Gasteiger partial charge in [0.15, 0.2) is 0 Å². The van der Waals surface area contributed by atoms with Crippen LogP contribution in [-0.4, -0.2) is 7.28 Å². The first kappa shape index (κ1) is 6.06. The molecular formula is C5H13B. The molecule has 0 fully saturated rings. The molecule has 0 unspecified atom stereocenters. The van der Waals surface area contributed by atoms with E-state index in [1.165, 1.54) is 26.3 Å². The fraction of sp³-hybridized carbons (Fsp3) is 1.00. The normalized spacial score (nSPS) is 8.33. The Balaban J connectivity index is 2.34. The van der Waals surface area contributed by atoms with Gasteiger partial charge in [0.2, 0.25) is 0 Å². The van der Waals surface area contributed by atoms with Crippen LogP contribution in [0, 0.1) is 0 Å². The van der Waals surface area contributed by atoms with Crippen molar-refractivity contribution in [3.63, 3.8) is 0 Å². The van der Waals surface area contributed by atoms with E-state index in [0.29, 0.717) is 0 Å². The highest BCUT2D eigenvalue weighted by Gasteiger charge is 1.79.